The summed E-state index contributed by atoms with van der Waals surface area (Å²) in [5, 5.41) is 2.31. The highest BCUT2D eigenvalue weighted by Crippen LogP contribution is 2.20. The molecule has 2 amide bonds. The van der Waals surface area contributed by atoms with Crippen LogP contribution in [0.2, 0.25) is 0 Å². The quantitative estimate of drug-likeness (QED) is 0.568. The van der Waals surface area contributed by atoms with E-state index in [2.05, 4.69) is 11.4 Å². The van der Waals surface area contributed by atoms with Crippen molar-refractivity contribution < 1.29 is 9.59 Å². The molecule has 0 unspecified atom stereocenters. The molecular weight excluding hydrogens is 204 g/mol. The van der Waals surface area contributed by atoms with Crippen LogP contribution in [0, 0.1) is 0 Å². The summed E-state index contributed by atoms with van der Waals surface area (Å²) >= 11 is 0. The lowest BCUT2D eigenvalue weighted by Gasteiger charge is -2.26. The minimum Gasteiger partial charge on any atom is -0.294 e. The van der Waals surface area contributed by atoms with Gasteiger partial charge in [0.05, 0.1) is 13.1 Å². The first kappa shape index (κ1) is 11.3. The number of amides is 2. The molecule has 0 atom stereocenters. The van der Waals surface area contributed by atoms with Crippen molar-refractivity contribution in [2.75, 3.05) is 19.6 Å². The maximum atomic E-state index is 11.1. The number of carbonyl (C=O) groups is 2. The van der Waals surface area contributed by atoms with E-state index in [9.17, 15) is 9.59 Å². The van der Waals surface area contributed by atoms with E-state index in [1.165, 1.54) is 31.3 Å². The first-order valence-electron chi connectivity index (χ1n) is 5.97. The van der Waals surface area contributed by atoms with Crippen molar-refractivity contribution in [1.29, 1.82) is 0 Å². The third-order valence-corrected chi connectivity index (χ3v) is 3.15. The highest BCUT2D eigenvalue weighted by atomic mass is 16.2. The van der Waals surface area contributed by atoms with E-state index >= 15 is 0 Å². The van der Waals surface area contributed by atoms with Crippen LogP contribution in [0.1, 0.15) is 32.1 Å². The number of imide groups is 1. The zero-order chi connectivity index (χ0) is 11.4. The van der Waals surface area contributed by atoms with Crippen molar-refractivity contribution in [3.05, 3.63) is 11.6 Å². The highest BCUT2D eigenvalue weighted by Gasteiger charge is 2.21. The molecule has 2 aliphatic rings. The van der Waals surface area contributed by atoms with Crippen LogP contribution in [0.5, 0.6) is 0 Å². The summed E-state index contributed by atoms with van der Waals surface area (Å²) in [6.45, 7) is 1.54. The third-order valence-electron chi connectivity index (χ3n) is 3.15. The molecule has 0 aromatic rings. The van der Waals surface area contributed by atoms with Crippen LogP contribution in [-0.4, -0.2) is 36.3 Å². The Kier molecular flexibility index (Phi) is 3.72. The minimum absolute atomic E-state index is 0.172. The van der Waals surface area contributed by atoms with Crippen LogP contribution in [0.4, 0.5) is 0 Å². The molecule has 0 aromatic heterocycles. The van der Waals surface area contributed by atoms with Crippen LogP contribution >= 0.6 is 0 Å². The van der Waals surface area contributed by atoms with Crippen molar-refractivity contribution in [3.63, 3.8) is 0 Å². The SMILES string of the molecule is O=C1CN(CCC2=CCCCC2)CC(=O)N1. The predicted molar refractivity (Wildman–Crippen MR) is 60.8 cm³/mol. The molecule has 1 saturated heterocycles. The molecule has 1 heterocycles. The summed E-state index contributed by atoms with van der Waals surface area (Å²) in [6.07, 6.45) is 8.28. The average molecular weight is 222 g/mol. The summed E-state index contributed by atoms with van der Waals surface area (Å²) < 4.78 is 0. The van der Waals surface area contributed by atoms with Gasteiger partial charge in [-0.05, 0) is 32.1 Å². The molecule has 4 nitrogen and oxygen atoms in total. The van der Waals surface area contributed by atoms with Crippen LogP contribution in [0.3, 0.4) is 0 Å². The second-order valence-electron chi connectivity index (χ2n) is 4.54. The largest absolute Gasteiger partial charge is 0.294 e. The molecule has 0 aromatic carbocycles. The van der Waals surface area contributed by atoms with Crippen molar-refractivity contribution in [1.82, 2.24) is 10.2 Å². The molecule has 0 saturated carbocycles. The minimum atomic E-state index is -0.172. The molecule has 4 heteroatoms. The summed E-state index contributed by atoms with van der Waals surface area (Å²) in [5.41, 5.74) is 1.49. The number of carbonyl (C=O) groups excluding carboxylic acids is 2. The van der Waals surface area contributed by atoms with Gasteiger partial charge in [-0.25, -0.2) is 0 Å². The molecule has 1 fully saturated rings. The highest BCUT2D eigenvalue weighted by molar-refractivity contribution is 5.99. The number of nitrogens with one attached hydrogen (secondary N) is 1. The first-order chi connectivity index (χ1) is 7.74. The number of allylic oxidation sites excluding steroid dienone is 1. The fourth-order valence-electron chi connectivity index (χ4n) is 2.29. The molecule has 0 spiro atoms. The molecule has 0 radical (unpaired) electrons. The van der Waals surface area contributed by atoms with Crippen LogP contribution in [0.25, 0.3) is 0 Å². The summed E-state index contributed by atoms with van der Waals surface area (Å²) in [5.74, 6) is -0.345. The van der Waals surface area contributed by atoms with E-state index in [0.717, 1.165) is 13.0 Å². The van der Waals surface area contributed by atoms with Gasteiger partial charge < -0.3 is 0 Å². The lowest BCUT2D eigenvalue weighted by Crippen LogP contribution is -2.51. The zero-order valence-electron chi connectivity index (χ0n) is 9.50. The zero-order valence-corrected chi connectivity index (χ0v) is 9.50. The van der Waals surface area contributed by atoms with Crippen LogP contribution in [-0.2, 0) is 9.59 Å². The standard InChI is InChI=1S/C12H18N2O2/c15-11-8-14(9-12(16)13-11)7-6-10-4-2-1-3-5-10/h4H,1-3,5-9H2,(H,13,15,16). The Balaban J connectivity index is 1.78. The van der Waals surface area contributed by atoms with Gasteiger partial charge in [0, 0.05) is 6.54 Å². The summed E-state index contributed by atoms with van der Waals surface area (Å²) in [7, 11) is 0. The van der Waals surface area contributed by atoms with E-state index in [-0.39, 0.29) is 11.8 Å². The Labute approximate surface area is 95.7 Å². The van der Waals surface area contributed by atoms with Crippen molar-refractivity contribution in [2.45, 2.75) is 32.1 Å². The van der Waals surface area contributed by atoms with E-state index < -0.39 is 0 Å². The maximum absolute atomic E-state index is 11.1. The lowest BCUT2D eigenvalue weighted by atomic mass is 9.97. The van der Waals surface area contributed by atoms with E-state index in [0.29, 0.717) is 13.1 Å². The molecule has 1 aliphatic heterocycles. The fraction of sp³-hybridized carbons (Fsp3) is 0.667. The monoisotopic (exact) mass is 222 g/mol. The van der Waals surface area contributed by atoms with Gasteiger partial charge in [-0.3, -0.25) is 19.8 Å². The fourth-order valence-corrected chi connectivity index (χ4v) is 2.29. The van der Waals surface area contributed by atoms with E-state index in [1.54, 1.807) is 0 Å². The van der Waals surface area contributed by atoms with Gasteiger partial charge in [-0.15, -0.1) is 0 Å². The Morgan fingerprint density at radius 2 is 1.94 bits per heavy atom. The number of hydrogen-bond donors (Lipinski definition) is 1. The molecule has 0 bridgehead atoms. The van der Waals surface area contributed by atoms with Gasteiger partial charge in [0.1, 0.15) is 0 Å². The Morgan fingerprint density at radius 3 is 2.56 bits per heavy atom. The smallest absolute Gasteiger partial charge is 0.240 e. The topological polar surface area (TPSA) is 49.4 Å². The molecule has 2 rings (SSSR count). The predicted octanol–water partition coefficient (Wildman–Crippen LogP) is 0.835. The number of rotatable bonds is 3. The molecule has 88 valence electrons. The number of nitrogens with zero attached hydrogens (tertiary/aromatic N) is 1. The Morgan fingerprint density at radius 1 is 1.19 bits per heavy atom. The third kappa shape index (κ3) is 3.17. The van der Waals surface area contributed by atoms with Gasteiger partial charge in [-0.2, -0.15) is 0 Å². The molecule has 1 N–H and O–H groups in total. The first-order valence-corrected chi connectivity index (χ1v) is 5.97. The summed E-state index contributed by atoms with van der Waals surface area (Å²) in [4.78, 5) is 24.2. The van der Waals surface area contributed by atoms with Crippen molar-refractivity contribution in [3.8, 4) is 0 Å². The number of hydrogen-bond acceptors (Lipinski definition) is 3. The van der Waals surface area contributed by atoms with Gasteiger partial charge in [-0.1, -0.05) is 11.6 Å². The van der Waals surface area contributed by atoms with Gasteiger partial charge in [0.2, 0.25) is 11.8 Å². The van der Waals surface area contributed by atoms with Gasteiger partial charge in [0.25, 0.3) is 0 Å². The average Bonchev–Trinajstić information content (AvgIpc) is 2.27. The molecular formula is C12H18N2O2. The van der Waals surface area contributed by atoms with Crippen LogP contribution in [0.15, 0.2) is 11.6 Å². The van der Waals surface area contributed by atoms with Crippen molar-refractivity contribution in [2.24, 2.45) is 0 Å². The van der Waals surface area contributed by atoms with Crippen molar-refractivity contribution >= 4 is 11.8 Å². The van der Waals surface area contributed by atoms with Gasteiger partial charge in [0.15, 0.2) is 0 Å². The lowest BCUT2D eigenvalue weighted by molar-refractivity contribution is -0.135. The van der Waals surface area contributed by atoms with Gasteiger partial charge >= 0.3 is 0 Å². The van der Waals surface area contributed by atoms with Crippen LogP contribution < -0.4 is 5.32 Å². The Hall–Kier alpha value is -1.16. The van der Waals surface area contributed by atoms with E-state index in [1.807, 2.05) is 4.90 Å². The summed E-state index contributed by atoms with van der Waals surface area (Å²) in [6, 6.07) is 0. The second kappa shape index (κ2) is 5.25. The normalized spacial score (nSPS) is 22.9. The number of piperazine rings is 1. The maximum Gasteiger partial charge on any atom is 0.240 e. The molecule has 16 heavy (non-hydrogen) atoms. The van der Waals surface area contributed by atoms with E-state index in [4.69, 9.17) is 0 Å². The second-order valence-corrected chi connectivity index (χ2v) is 4.54. The molecule has 1 aliphatic carbocycles. The Bertz CT molecular complexity index is 307.